The van der Waals surface area contributed by atoms with Crippen LogP contribution in [0.2, 0.25) is 5.02 Å². The molecule has 0 saturated carbocycles. The van der Waals surface area contributed by atoms with Gasteiger partial charge in [0.15, 0.2) is 0 Å². The first-order chi connectivity index (χ1) is 13.0. The van der Waals surface area contributed by atoms with E-state index in [0.29, 0.717) is 16.5 Å². The highest BCUT2D eigenvalue weighted by atomic mass is 35.5. The number of hydrogen-bond acceptors (Lipinski definition) is 5. The summed E-state index contributed by atoms with van der Waals surface area (Å²) in [4.78, 5) is 25.7. The van der Waals surface area contributed by atoms with Crippen LogP contribution in [0.3, 0.4) is 0 Å². The van der Waals surface area contributed by atoms with Gasteiger partial charge in [0.05, 0.1) is 13.2 Å². The molecule has 136 valence electrons. The second kappa shape index (κ2) is 7.62. The van der Waals surface area contributed by atoms with Crippen molar-refractivity contribution in [1.29, 1.82) is 5.26 Å². The molecule has 1 aliphatic heterocycles. The number of hydrogen-bond donors (Lipinski definition) is 1. The van der Waals surface area contributed by atoms with Crippen molar-refractivity contribution in [1.82, 2.24) is 4.90 Å². The zero-order chi connectivity index (χ0) is 19.6. The molecule has 6 nitrogen and oxygen atoms in total. The molecule has 2 amide bonds. The van der Waals surface area contributed by atoms with Crippen molar-refractivity contribution in [2.24, 2.45) is 0 Å². The molecule has 0 unspecified atom stereocenters. The normalized spacial score (nSPS) is 16.2. The minimum atomic E-state index is -0.701. The van der Waals surface area contributed by atoms with Crippen LogP contribution in [0.4, 0.5) is 0 Å². The number of imide groups is 1. The van der Waals surface area contributed by atoms with Crippen LogP contribution in [-0.4, -0.2) is 35.0 Å². The van der Waals surface area contributed by atoms with Gasteiger partial charge in [-0.3, -0.25) is 14.5 Å². The molecule has 27 heavy (non-hydrogen) atoms. The number of furan rings is 1. The number of nitrogens with zero attached hydrogens (tertiary/aromatic N) is 2. The Hall–Kier alpha value is -3.14. The summed E-state index contributed by atoms with van der Waals surface area (Å²) in [6.45, 7) is 0.977. The van der Waals surface area contributed by atoms with Crippen LogP contribution >= 0.6 is 11.6 Å². The topological polar surface area (TPSA) is 94.5 Å². The molecule has 1 N–H and O–H groups in total. The number of carbonyl (C=O) groups excluding carboxylic acids is 2. The third-order valence-corrected chi connectivity index (χ3v) is 4.44. The van der Waals surface area contributed by atoms with E-state index in [1.807, 2.05) is 18.2 Å². The number of rotatable bonds is 4. The van der Waals surface area contributed by atoms with E-state index in [0.717, 1.165) is 10.5 Å². The standard InChI is InChI=1S/C20H15ClN2O4/c1-12-16(19(25)23(8-9-24)20(26)17(12)11-22)10-15-6-7-18(27-15)13-2-4-14(21)5-3-13/h2-7,10,24H,8-9H2,1H3/b16-10+. The molecule has 0 spiro atoms. The molecule has 7 heteroatoms. The van der Waals surface area contributed by atoms with Crippen LogP contribution in [0.5, 0.6) is 0 Å². The summed E-state index contributed by atoms with van der Waals surface area (Å²) in [6.07, 6.45) is 1.49. The summed E-state index contributed by atoms with van der Waals surface area (Å²) in [5.41, 5.74) is 1.16. The fourth-order valence-electron chi connectivity index (χ4n) is 2.77. The highest BCUT2D eigenvalue weighted by Crippen LogP contribution is 2.29. The van der Waals surface area contributed by atoms with Crippen molar-refractivity contribution in [2.45, 2.75) is 6.92 Å². The second-order valence-corrected chi connectivity index (χ2v) is 6.30. The van der Waals surface area contributed by atoms with Crippen LogP contribution in [0, 0.1) is 11.3 Å². The summed E-state index contributed by atoms with van der Waals surface area (Å²) < 4.78 is 5.77. The van der Waals surface area contributed by atoms with Crippen molar-refractivity contribution in [3.63, 3.8) is 0 Å². The van der Waals surface area contributed by atoms with Gasteiger partial charge in [-0.2, -0.15) is 5.26 Å². The molecule has 1 aromatic heterocycles. The van der Waals surface area contributed by atoms with Crippen LogP contribution in [0.1, 0.15) is 12.7 Å². The molecule has 2 aromatic rings. The van der Waals surface area contributed by atoms with Gasteiger partial charge in [0.2, 0.25) is 0 Å². The fraction of sp³-hybridized carbons (Fsp3) is 0.150. The number of aliphatic hydroxyl groups is 1. The van der Waals surface area contributed by atoms with Crippen molar-refractivity contribution in [3.8, 4) is 17.4 Å². The van der Waals surface area contributed by atoms with E-state index in [1.165, 1.54) is 6.08 Å². The Balaban J connectivity index is 2.01. The molecular weight excluding hydrogens is 368 g/mol. The number of carbonyl (C=O) groups is 2. The monoisotopic (exact) mass is 382 g/mol. The SMILES string of the molecule is CC1=C(C#N)C(=O)N(CCO)C(=O)/C1=C/c1ccc(-c2ccc(Cl)cc2)o1. The number of benzene rings is 1. The smallest absolute Gasteiger partial charge is 0.271 e. The van der Waals surface area contributed by atoms with Crippen molar-refractivity contribution in [3.05, 3.63) is 63.9 Å². The largest absolute Gasteiger partial charge is 0.457 e. The average Bonchev–Trinajstić information content (AvgIpc) is 3.12. The molecule has 3 rings (SSSR count). The van der Waals surface area contributed by atoms with Gasteiger partial charge >= 0.3 is 0 Å². The van der Waals surface area contributed by atoms with E-state index in [9.17, 15) is 14.9 Å². The van der Waals surface area contributed by atoms with E-state index in [4.69, 9.17) is 21.1 Å². The Kier molecular flexibility index (Phi) is 5.26. The molecule has 2 heterocycles. The second-order valence-electron chi connectivity index (χ2n) is 5.86. The van der Waals surface area contributed by atoms with Gasteiger partial charge in [0.25, 0.3) is 11.8 Å². The summed E-state index contributed by atoms with van der Waals surface area (Å²) in [6, 6.07) is 12.4. The fourth-order valence-corrected chi connectivity index (χ4v) is 2.90. The van der Waals surface area contributed by atoms with E-state index in [-0.39, 0.29) is 29.9 Å². The summed E-state index contributed by atoms with van der Waals surface area (Å²) in [5, 5.41) is 19.0. The predicted octanol–water partition coefficient (Wildman–Crippen LogP) is 3.18. The lowest BCUT2D eigenvalue weighted by molar-refractivity contribution is -0.140. The number of aliphatic hydroxyl groups excluding tert-OH is 1. The van der Waals surface area contributed by atoms with Crippen LogP contribution < -0.4 is 0 Å². The highest BCUT2D eigenvalue weighted by Gasteiger charge is 2.35. The van der Waals surface area contributed by atoms with Gasteiger partial charge in [-0.05, 0) is 55.0 Å². The molecule has 0 saturated heterocycles. The Labute approximate surface area is 160 Å². The molecule has 0 atom stereocenters. The Morgan fingerprint density at radius 1 is 1.19 bits per heavy atom. The molecule has 0 bridgehead atoms. The number of amides is 2. The Morgan fingerprint density at radius 3 is 2.52 bits per heavy atom. The van der Waals surface area contributed by atoms with Crippen LogP contribution in [0.25, 0.3) is 17.4 Å². The van der Waals surface area contributed by atoms with E-state index >= 15 is 0 Å². The molecular formula is C20H15ClN2O4. The maximum absolute atomic E-state index is 12.6. The number of β-amino-alcohol motifs (C(OH)–C–C–N with tert-alkyl or cyclic N) is 1. The number of nitriles is 1. The van der Waals surface area contributed by atoms with Crippen molar-refractivity contribution < 1.29 is 19.1 Å². The lowest BCUT2D eigenvalue weighted by Gasteiger charge is -2.26. The van der Waals surface area contributed by atoms with Crippen molar-refractivity contribution in [2.75, 3.05) is 13.2 Å². The van der Waals surface area contributed by atoms with E-state index in [1.54, 1.807) is 31.2 Å². The van der Waals surface area contributed by atoms with E-state index in [2.05, 4.69) is 0 Å². The maximum Gasteiger partial charge on any atom is 0.271 e. The zero-order valence-electron chi connectivity index (χ0n) is 14.4. The first-order valence-corrected chi connectivity index (χ1v) is 8.50. The quantitative estimate of drug-likeness (QED) is 0.647. The minimum Gasteiger partial charge on any atom is -0.457 e. The molecule has 0 aliphatic carbocycles. The molecule has 1 aliphatic rings. The summed E-state index contributed by atoms with van der Waals surface area (Å²) in [5.74, 6) is -0.284. The van der Waals surface area contributed by atoms with Crippen LogP contribution in [-0.2, 0) is 9.59 Å². The van der Waals surface area contributed by atoms with Gasteiger partial charge < -0.3 is 9.52 Å². The minimum absolute atomic E-state index is 0.126. The lowest BCUT2D eigenvalue weighted by atomic mass is 9.95. The Bertz CT molecular complexity index is 1010. The molecule has 0 radical (unpaired) electrons. The van der Waals surface area contributed by atoms with Gasteiger partial charge in [0.1, 0.15) is 23.2 Å². The van der Waals surface area contributed by atoms with Gasteiger partial charge in [-0.1, -0.05) is 11.6 Å². The highest BCUT2D eigenvalue weighted by molar-refractivity contribution is 6.30. The molecule has 0 fully saturated rings. The van der Waals surface area contributed by atoms with E-state index < -0.39 is 11.8 Å². The third-order valence-electron chi connectivity index (χ3n) is 4.19. The summed E-state index contributed by atoms with van der Waals surface area (Å²) in [7, 11) is 0. The lowest BCUT2D eigenvalue weighted by Crippen LogP contribution is -2.44. The summed E-state index contributed by atoms with van der Waals surface area (Å²) >= 11 is 5.88. The zero-order valence-corrected chi connectivity index (χ0v) is 15.2. The van der Waals surface area contributed by atoms with Crippen molar-refractivity contribution >= 4 is 29.5 Å². The predicted molar refractivity (Wildman–Crippen MR) is 99.2 cm³/mol. The average molecular weight is 383 g/mol. The van der Waals surface area contributed by atoms with Gasteiger partial charge in [-0.25, -0.2) is 0 Å². The third kappa shape index (κ3) is 3.56. The van der Waals surface area contributed by atoms with Gasteiger partial charge in [0, 0.05) is 16.2 Å². The Morgan fingerprint density at radius 2 is 1.89 bits per heavy atom. The number of halogens is 1. The molecule has 1 aromatic carbocycles. The maximum atomic E-state index is 12.6. The first-order valence-electron chi connectivity index (χ1n) is 8.12. The van der Waals surface area contributed by atoms with Gasteiger partial charge in [-0.15, -0.1) is 0 Å². The van der Waals surface area contributed by atoms with Crippen LogP contribution in [0.15, 0.2) is 57.5 Å². The first kappa shape index (κ1) is 18.6.